The molecule has 0 saturated heterocycles. The standard InChI is InChI=1S/C19H21BCl2NO2/c1-18(2,24)19(3,4)25-20-14-5-7-17(8-6-14)23-12-13-9-15(21)11-16(22)10-13/h5-12,24H,1-4H3. The zero-order chi connectivity index (χ0) is 18.7. The summed E-state index contributed by atoms with van der Waals surface area (Å²) in [4.78, 5) is 4.41. The highest BCUT2D eigenvalue weighted by Gasteiger charge is 2.35. The highest BCUT2D eigenvalue weighted by Crippen LogP contribution is 2.24. The smallest absolute Gasteiger partial charge is 0.330 e. The summed E-state index contributed by atoms with van der Waals surface area (Å²) in [6.45, 7) is 7.14. The van der Waals surface area contributed by atoms with E-state index in [0.29, 0.717) is 10.0 Å². The lowest BCUT2D eigenvalue weighted by Gasteiger charge is -2.37. The van der Waals surface area contributed by atoms with Gasteiger partial charge in [0.05, 0.1) is 16.9 Å². The van der Waals surface area contributed by atoms with Crippen LogP contribution in [0.2, 0.25) is 10.0 Å². The number of benzene rings is 2. The fourth-order valence-corrected chi connectivity index (χ4v) is 2.34. The predicted molar refractivity (Wildman–Crippen MR) is 107 cm³/mol. The monoisotopic (exact) mass is 376 g/mol. The van der Waals surface area contributed by atoms with Gasteiger partial charge in [0.2, 0.25) is 0 Å². The maximum Gasteiger partial charge on any atom is 0.330 e. The van der Waals surface area contributed by atoms with Gasteiger partial charge in [-0.05, 0) is 63.6 Å². The van der Waals surface area contributed by atoms with Crippen LogP contribution in [0, 0.1) is 0 Å². The lowest BCUT2D eigenvalue weighted by atomic mass is 9.82. The van der Waals surface area contributed by atoms with Gasteiger partial charge in [0, 0.05) is 16.3 Å². The Morgan fingerprint density at radius 2 is 1.56 bits per heavy atom. The molecule has 1 N–H and O–H groups in total. The third-order valence-corrected chi connectivity index (χ3v) is 4.54. The summed E-state index contributed by atoms with van der Waals surface area (Å²) in [6, 6.07) is 12.8. The van der Waals surface area contributed by atoms with Gasteiger partial charge in [0.25, 0.3) is 0 Å². The molecule has 2 aromatic rings. The second-order valence-electron chi connectivity index (χ2n) is 6.86. The first-order valence-corrected chi connectivity index (χ1v) is 8.66. The van der Waals surface area contributed by atoms with Crippen LogP contribution in [-0.2, 0) is 4.65 Å². The Morgan fingerprint density at radius 1 is 1.00 bits per heavy atom. The molecule has 0 heterocycles. The number of halogens is 2. The molecular formula is C19H21BCl2NO2. The van der Waals surface area contributed by atoms with Crippen LogP contribution in [0.3, 0.4) is 0 Å². The van der Waals surface area contributed by atoms with E-state index in [2.05, 4.69) is 4.99 Å². The summed E-state index contributed by atoms with van der Waals surface area (Å²) >= 11 is 11.9. The van der Waals surface area contributed by atoms with Crippen LogP contribution in [-0.4, -0.2) is 30.0 Å². The highest BCUT2D eigenvalue weighted by molar-refractivity contribution is 6.47. The molecule has 0 fully saturated rings. The molecule has 0 bridgehead atoms. The molecule has 25 heavy (non-hydrogen) atoms. The van der Waals surface area contributed by atoms with Gasteiger partial charge in [-0.25, -0.2) is 0 Å². The topological polar surface area (TPSA) is 41.8 Å². The molecule has 0 unspecified atom stereocenters. The molecule has 0 atom stereocenters. The fraction of sp³-hybridized carbons (Fsp3) is 0.316. The van der Waals surface area contributed by atoms with Gasteiger partial charge in [-0.3, -0.25) is 4.99 Å². The number of rotatable bonds is 6. The van der Waals surface area contributed by atoms with E-state index in [1.54, 1.807) is 45.7 Å². The summed E-state index contributed by atoms with van der Waals surface area (Å²) in [5, 5.41) is 11.3. The first-order valence-electron chi connectivity index (χ1n) is 7.90. The number of hydrogen-bond donors (Lipinski definition) is 1. The number of nitrogens with zero attached hydrogens (tertiary/aromatic N) is 1. The van der Waals surface area contributed by atoms with Crippen molar-refractivity contribution in [3.05, 3.63) is 58.1 Å². The molecule has 0 aromatic heterocycles. The Morgan fingerprint density at radius 3 is 2.08 bits per heavy atom. The summed E-state index contributed by atoms with van der Waals surface area (Å²) < 4.78 is 5.73. The van der Waals surface area contributed by atoms with Crippen LogP contribution in [0.1, 0.15) is 33.3 Å². The zero-order valence-electron chi connectivity index (χ0n) is 14.8. The van der Waals surface area contributed by atoms with Crippen molar-refractivity contribution in [1.82, 2.24) is 0 Å². The summed E-state index contributed by atoms with van der Waals surface area (Å²) in [5.74, 6) is 0. The minimum absolute atomic E-state index is 0.575. The van der Waals surface area contributed by atoms with Gasteiger partial charge >= 0.3 is 7.48 Å². The molecule has 3 nitrogen and oxygen atoms in total. The van der Waals surface area contributed by atoms with Crippen molar-refractivity contribution >= 4 is 48.0 Å². The second kappa shape index (κ2) is 7.92. The highest BCUT2D eigenvalue weighted by atomic mass is 35.5. The number of hydrogen-bond acceptors (Lipinski definition) is 3. The van der Waals surface area contributed by atoms with E-state index in [9.17, 15) is 5.11 Å². The lowest BCUT2D eigenvalue weighted by Crippen LogP contribution is -2.49. The molecule has 0 aliphatic carbocycles. The number of aliphatic hydroxyl groups is 1. The van der Waals surface area contributed by atoms with Gasteiger partial charge < -0.3 is 9.76 Å². The maximum atomic E-state index is 10.1. The Labute approximate surface area is 159 Å². The van der Waals surface area contributed by atoms with Gasteiger partial charge in [-0.2, -0.15) is 0 Å². The summed E-state index contributed by atoms with van der Waals surface area (Å²) in [5.41, 5.74) is 0.877. The van der Waals surface area contributed by atoms with E-state index in [1.807, 2.05) is 38.1 Å². The van der Waals surface area contributed by atoms with Crippen LogP contribution in [0.25, 0.3) is 0 Å². The van der Waals surface area contributed by atoms with E-state index in [0.717, 1.165) is 16.7 Å². The van der Waals surface area contributed by atoms with Crippen molar-refractivity contribution in [3.8, 4) is 0 Å². The molecule has 6 heteroatoms. The molecule has 2 aromatic carbocycles. The molecule has 0 aliphatic rings. The molecule has 0 amide bonds. The van der Waals surface area contributed by atoms with Crippen LogP contribution >= 0.6 is 23.2 Å². The molecule has 0 saturated carbocycles. The number of aliphatic imine (C=N–C) groups is 1. The zero-order valence-corrected chi connectivity index (χ0v) is 16.3. The molecule has 0 aliphatic heterocycles. The van der Waals surface area contributed by atoms with Crippen molar-refractivity contribution in [1.29, 1.82) is 0 Å². The van der Waals surface area contributed by atoms with E-state index in [1.165, 1.54) is 0 Å². The molecule has 0 spiro atoms. The van der Waals surface area contributed by atoms with E-state index >= 15 is 0 Å². The van der Waals surface area contributed by atoms with E-state index in [-0.39, 0.29) is 0 Å². The fourth-order valence-electron chi connectivity index (χ4n) is 1.80. The van der Waals surface area contributed by atoms with Crippen molar-refractivity contribution in [2.75, 3.05) is 0 Å². The normalized spacial score (nSPS) is 12.6. The minimum atomic E-state index is -0.952. The predicted octanol–water partition coefficient (Wildman–Crippen LogP) is 4.55. The Kier molecular flexibility index (Phi) is 6.33. The minimum Gasteiger partial charge on any atom is -0.427 e. The Hall–Kier alpha value is -1.33. The molecule has 2 rings (SSSR count). The van der Waals surface area contributed by atoms with Gasteiger partial charge in [-0.15, -0.1) is 0 Å². The molecular weight excluding hydrogens is 356 g/mol. The van der Waals surface area contributed by atoms with E-state index < -0.39 is 11.2 Å². The molecule has 131 valence electrons. The van der Waals surface area contributed by atoms with Crippen molar-refractivity contribution in [2.45, 2.75) is 38.9 Å². The molecule has 1 radical (unpaired) electrons. The first-order chi connectivity index (χ1) is 11.6. The van der Waals surface area contributed by atoms with Gasteiger partial charge in [0.15, 0.2) is 0 Å². The van der Waals surface area contributed by atoms with E-state index in [4.69, 9.17) is 27.9 Å². The van der Waals surface area contributed by atoms with Crippen LogP contribution < -0.4 is 5.46 Å². The van der Waals surface area contributed by atoms with Gasteiger partial charge in [-0.1, -0.05) is 40.8 Å². The van der Waals surface area contributed by atoms with Crippen LogP contribution in [0.4, 0.5) is 5.69 Å². The average Bonchev–Trinajstić information content (AvgIpc) is 2.50. The SMILES string of the molecule is CC(C)(O)C(C)(C)O[B]c1ccc(N=Cc2cc(Cl)cc(Cl)c2)cc1. The van der Waals surface area contributed by atoms with Crippen molar-refractivity contribution in [3.63, 3.8) is 0 Å². The average molecular weight is 377 g/mol. The Balaban J connectivity index is 2.01. The second-order valence-corrected chi connectivity index (χ2v) is 7.73. The third kappa shape index (κ3) is 5.86. The quantitative estimate of drug-likeness (QED) is 0.593. The van der Waals surface area contributed by atoms with Crippen LogP contribution in [0.5, 0.6) is 0 Å². The lowest BCUT2D eigenvalue weighted by molar-refractivity contribution is -0.0893. The summed E-state index contributed by atoms with van der Waals surface area (Å²) in [6.07, 6.45) is 1.71. The largest absolute Gasteiger partial charge is 0.427 e. The van der Waals surface area contributed by atoms with Crippen molar-refractivity contribution < 1.29 is 9.76 Å². The van der Waals surface area contributed by atoms with Crippen molar-refractivity contribution in [2.24, 2.45) is 4.99 Å². The third-order valence-electron chi connectivity index (χ3n) is 4.10. The Bertz CT molecular complexity index is 733. The first kappa shape index (κ1) is 20.0. The van der Waals surface area contributed by atoms with Crippen LogP contribution in [0.15, 0.2) is 47.5 Å². The van der Waals surface area contributed by atoms with Gasteiger partial charge in [0.1, 0.15) is 0 Å². The maximum absolute atomic E-state index is 10.1. The summed E-state index contributed by atoms with van der Waals surface area (Å²) in [7, 11) is 1.64.